The van der Waals surface area contributed by atoms with E-state index in [4.69, 9.17) is 0 Å². The molecule has 0 saturated carbocycles. The normalized spacial score (nSPS) is 12.8. The molecule has 0 fully saturated rings. The summed E-state index contributed by atoms with van der Waals surface area (Å²) in [6.07, 6.45) is 0. The van der Waals surface area contributed by atoms with Gasteiger partial charge in [-0.2, -0.15) is 5.10 Å². The summed E-state index contributed by atoms with van der Waals surface area (Å²) in [7, 11) is 0. The summed E-state index contributed by atoms with van der Waals surface area (Å²) in [5, 5.41) is 11.5. The van der Waals surface area contributed by atoms with E-state index in [0.29, 0.717) is 6.04 Å². The molecular formula is C12H22N4. The average molecular weight is 222 g/mol. The molecule has 1 N–H and O–H groups in total. The Labute approximate surface area is 98.1 Å². The fraction of sp³-hybridized carbons (Fsp3) is 0.667. The Balaban J connectivity index is 2.44. The molecule has 0 aromatic carbocycles. The maximum atomic E-state index is 4.10. The third-order valence-corrected chi connectivity index (χ3v) is 2.62. The second kappa shape index (κ2) is 6.43. The number of aromatic nitrogens is 2. The highest BCUT2D eigenvalue weighted by atomic mass is 15.2. The second-order valence-corrected chi connectivity index (χ2v) is 4.09. The molecular weight excluding hydrogens is 200 g/mol. The molecule has 0 aliphatic heterocycles. The maximum Gasteiger partial charge on any atom is 0.148 e. The van der Waals surface area contributed by atoms with Gasteiger partial charge in [-0.15, -0.1) is 5.10 Å². The summed E-state index contributed by atoms with van der Waals surface area (Å²) in [6, 6.07) is 4.33. The predicted molar refractivity (Wildman–Crippen MR) is 67.6 cm³/mol. The lowest BCUT2D eigenvalue weighted by molar-refractivity contribution is 0.294. The number of likely N-dealkylation sites (N-methyl/N-ethyl adjacent to an activating group) is 1. The Morgan fingerprint density at radius 1 is 1.25 bits per heavy atom. The predicted octanol–water partition coefficient (Wildman–Crippen LogP) is 1.93. The van der Waals surface area contributed by atoms with Gasteiger partial charge in [0.05, 0.1) is 5.69 Å². The molecule has 0 aliphatic rings. The van der Waals surface area contributed by atoms with Gasteiger partial charge in [0.2, 0.25) is 0 Å². The van der Waals surface area contributed by atoms with E-state index >= 15 is 0 Å². The maximum absolute atomic E-state index is 4.10. The smallest absolute Gasteiger partial charge is 0.148 e. The van der Waals surface area contributed by atoms with Crippen LogP contribution < -0.4 is 5.32 Å². The van der Waals surface area contributed by atoms with Crippen LogP contribution in [0, 0.1) is 6.92 Å². The Hall–Kier alpha value is -1.16. The van der Waals surface area contributed by atoms with Crippen LogP contribution in [-0.2, 0) is 0 Å². The number of nitrogens with one attached hydrogen (secondary N) is 1. The number of hydrogen-bond acceptors (Lipinski definition) is 4. The highest BCUT2D eigenvalue weighted by Crippen LogP contribution is 2.04. The molecule has 4 nitrogen and oxygen atoms in total. The molecule has 16 heavy (non-hydrogen) atoms. The van der Waals surface area contributed by atoms with Crippen LogP contribution in [0.2, 0.25) is 0 Å². The van der Waals surface area contributed by atoms with Crippen molar-refractivity contribution in [1.82, 2.24) is 15.1 Å². The second-order valence-electron chi connectivity index (χ2n) is 4.09. The molecule has 1 unspecified atom stereocenters. The van der Waals surface area contributed by atoms with Crippen LogP contribution in [0.25, 0.3) is 0 Å². The van der Waals surface area contributed by atoms with Crippen LogP contribution in [0.15, 0.2) is 12.1 Å². The Morgan fingerprint density at radius 3 is 2.44 bits per heavy atom. The highest BCUT2D eigenvalue weighted by Gasteiger charge is 2.07. The zero-order chi connectivity index (χ0) is 12.0. The van der Waals surface area contributed by atoms with Crippen LogP contribution in [0.5, 0.6) is 0 Å². The molecule has 0 bridgehead atoms. The first-order chi connectivity index (χ1) is 7.65. The van der Waals surface area contributed by atoms with Crippen molar-refractivity contribution in [2.24, 2.45) is 0 Å². The van der Waals surface area contributed by atoms with Gasteiger partial charge in [-0.3, -0.25) is 0 Å². The van der Waals surface area contributed by atoms with Crippen molar-refractivity contribution < 1.29 is 0 Å². The van der Waals surface area contributed by atoms with Crippen molar-refractivity contribution in [2.75, 3.05) is 25.0 Å². The number of nitrogens with zero attached hydrogens (tertiary/aromatic N) is 3. The summed E-state index contributed by atoms with van der Waals surface area (Å²) in [6.45, 7) is 11.7. The minimum atomic E-state index is 0.386. The molecule has 0 saturated heterocycles. The lowest BCUT2D eigenvalue weighted by atomic mass is 10.3. The molecule has 0 amide bonds. The summed E-state index contributed by atoms with van der Waals surface area (Å²) in [5.41, 5.74) is 0.946. The first-order valence-corrected chi connectivity index (χ1v) is 5.95. The van der Waals surface area contributed by atoms with Crippen LogP contribution in [0.1, 0.15) is 26.5 Å². The molecule has 1 rings (SSSR count). The van der Waals surface area contributed by atoms with Crippen LogP contribution in [0.3, 0.4) is 0 Å². The first-order valence-electron chi connectivity index (χ1n) is 5.95. The number of hydrogen-bond donors (Lipinski definition) is 1. The van der Waals surface area contributed by atoms with Crippen molar-refractivity contribution in [1.29, 1.82) is 0 Å². The van der Waals surface area contributed by atoms with Crippen molar-refractivity contribution in [3.05, 3.63) is 17.8 Å². The first kappa shape index (κ1) is 12.9. The van der Waals surface area contributed by atoms with Crippen LogP contribution in [0.4, 0.5) is 5.82 Å². The van der Waals surface area contributed by atoms with Crippen LogP contribution in [-0.4, -0.2) is 40.8 Å². The van der Waals surface area contributed by atoms with Gasteiger partial charge < -0.3 is 10.2 Å². The van der Waals surface area contributed by atoms with E-state index in [0.717, 1.165) is 31.1 Å². The standard InChI is InChI=1S/C12H22N4/c1-5-16(6-2)9-11(4)13-12-8-7-10(3)14-15-12/h7-8,11H,5-6,9H2,1-4H3,(H,13,15). The van der Waals surface area contributed by atoms with E-state index in [9.17, 15) is 0 Å². The van der Waals surface area contributed by atoms with E-state index in [2.05, 4.69) is 41.2 Å². The monoisotopic (exact) mass is 222 g/mol. The number of anilines is 1. The lowest BCUT2D eigenvalue weighted by Gasteiger charge is -2.23. The average Bonchev–Trinajstić information content (AvgIpc) is 2.29. The largest absolute Gasteiger partial charge is 0.365 e. The van der Waals surface area contributed by atoms with Crippen molar-refractivity contribution in [3.8, 4) is 0 Å². The fourth-order valence-electron chi connectivity index (χ4n) is 1.64. The number of rotatable bonds is 6. The topological polar surface area (TPSA) is 41.0 Å². The van der Waals surface area contributed by atoms with Gasteiger partial charge in [0.15, 0.2) is 0 Å². The quantitative estimate of drug-likeness (QED) is 0.798. The molecule has 90 valence electrons. The summed E-state index contributed by atoms with van der Waals surface area (Å²) in [4.78, 5) is 2.39. The van der Waals surface area contributed by atoms with E-state index < -0.39 is 0 Å². The van der Waals surface area contributed by atoms with Gasteiger partial charge >= 0.3 is 0 Å². The number of aryl methyl sites for hydroxylation is 1. The SMILES string of the molecule is CCN(CC)CC(C)Nc1ccc(C)nn1. The van der Waals surface area contributed by atoms with Crippen molar-refractivity contribution in [3.63, 3.8) is 0 Å². The molecule has 0 aliphatic carbocycles. The van der Waals surface area contributed by atoms with Gasteiger partial charge in [0, 0.05) is 12.6 Å². The van der Waals surface area contributed by atoms with E-state index in [1.807, 2.05) is 19.1 Å². The van der Waals surface area contributed by atoms with E-state index in [1.54, 1.807) is 0 Å². The van der Waals surface area contributed by atoms with Crippen molar-refractivity contribution >= 4 is 5.82 Å². The lowest BCUT2D eigenvalue weighted by Crippen LogP contribution is -2.34. The fourth-order valence-corrected chi connectivity index (χ4v) is 1.64. The minimum Gasteiger partial charge on any atom is -0.365 e. The van der Waals surface area contributed by atoms with Gasteiger partial charge in [-0.1, -0.05) is 13.8 Å². The van der Waals surface area contributed by atoms with Crippen molar-refractivity contribution in [2.45, 2.75) is 33.7 Å². The molecule has 0 spiro atoms. The zero-order valence-corrected chi connectivity index (χ0v) is 10.7. The third kappa shape index (κ3) is 4.14. The summed E-state index contributed by atoms with van der Waals surface area (Å²) < 4.78 is 0. The molecule has 4 heteroatoms. The van der Waals surface area contributed by atoms with Gasteiger partial charge in [0.1, 0.15) is 5.82 Å². The Bertz CT molecular complexity index is 292. The highest BCUT2D eigenvalue weighted by molar-refractivity contribution is 5.33. The Kier molecular flexibility index (Phi) is 5.19. The molecule has 0 radical (unpaired) electrons. The molecule has 1 aromatic heterocycles. The zero-order valence-electron chi connectivity index (χ0n) is 10.7. The minimum absolute atomic E-state index is 0.386. The summed E-state index contributed by atoms with van der Waals surface area (Å²) in [5.74, 6) is 0.852. The third-order valence-electron chi connectivity index (χ3n) is 2.62. The summed E-state index contributed by atoms with van der Waals surface area (Å²) >= 11 is 0. The molecule has 1 heterocycles. The molecule has 1 atom stereocenters. The van der Waals surface area contributed by atoms with Gasteiger partial charge in [-0.25, -0.2) is 0 Å². The van der Waals surface area contributed by atoms with E-state index in [-0.39, 0.29) is 0 Å². The Morgan fingerprint density at radius 2 is 1.94 bits per heavy atom. The van der Waals surface area contributed by atoms with Gasteiger partial charge in [0.25, 0.3) is 0 Å². The van der Waals surface area contributed by atoms with Gasteiger partial charge in [-0.05, 0) is 39.1 Å². The van der Waals surface area contributed by atoms with Crippen LogP contribution >= 0.6 is 0 Å². The molecule has 1 aromatic rings. The van der Waals surface area contributed by atoms with E-state index in [1.165, 1.54) is 0 Å².